The highest BCUT2D eigenvalue weighted by Crippen LogP contribution is 2.48. The Balaban J connectivity index is 1.80. The highest BCUT2D eigenvalue weighted by atomic mass is 16.1. The summed E-state index contributed by atoms with van der Waals surface area (Å²) >= 11 is 0. The van der Waals surface area contributed by atoms with Crippen LogP contribution in [-0.2, 0) is 6.54 Å². The van der Waals surface area contributed by atoms with Gasteiger partial charge in [0.2, 0.25) is 0 Å². The minimum absolute atomic E-state index is 0.231. The predicted octanol–water partition coefficient (Wildman–Crippen LogP) is 3.53. The smallest absolute Gasteiger partial charge is 0.166 e. The zero-order valence-corrected chi connectivity index (χ0v) is 12.3. The third-order valence-corrected chi connectivity index (χ3v) is 5.27. The molecule has 2 bridgehead atoms. The van der Waals surface area contributed by atoms with Crippen LogP contribution in [0, 0.1) is 31.6 Å². The molecule has 0 aromatic carbocycles. The maximum Gasteiger partial charge on any atom is 0.166 e. The van der Waals surface area contributed by atoms with Crippen molar-refractivity contribution in [2.45, 2.75) is 59.4 Å². The van der Waals surface area contributed by atoms with Crippen molar-refractivity contribution in [1.82, 2.24) is 9.78 Å². The molecule has 3 rings (SSSR count). The maximum absolute atomic E-state index is 12.0. The quantitative estimate of drug-likeness (QED) is 0.776. The molecule has 3 nitrogen and oxygen atoms in total. The first-order chi connectivity index (χ1) is 9.10. The SMILES string of the molecule is CCC(=O)c1c(C)nn(CC2CC3CCC2C3)c1C. The predicted molar refractivity (Wildman–Crippen MR) is 75.3 cm³/mol. The molecule has 104 valence electrons. The van der Waals surface area contributed by atoms with Crippen LogP contribution >= 0.6 is 0 Å². The number of rotatable bonds is 4. The molecule has 0 amide bonds. The molecule has 1 heterocycles. The van der Waals surface area contributed by atoms with Crippen LogP contribution in [0.15, 0.2) is 0 Å². The Morgan fingerprint density at radius 3 is 2.68 bits per heavy atom. The number of hydrogen-bond donors (Lipinski definition) is 0. The van der Waals surface area contributed by atoms with E-state index in [0.717, 1.165) is 41.2 Å². The molecule has 1 aromatic rings. The van der Waals surface area contributed by atoms with E-state index in [1.165, 1.54) is 25.7 Å². The van der Waals surface area contributed by atoms with Crippen molar-refractivity contribution < 1.29 is 4.79 Å². The first-order valence-corrected chi connectivity index (χ1v) is 7.67. The van der Waals surface area contributed by atoms with Gasteiger partial charge in [-0.3, -0.25) is 9.48 Å². The lowest BCUT2D eigenvalue weighted by Crippen LogP contribution is -2.19. The molecule has 2 aliphatic rings. The molecule has 0 aliphatic heterocycles. The van der Waals surface area contributed by atoms with Gasteiger partial charge in [0.15, 0.2) is 5.78 Å². The number of aromatic nitrogens is 2. The summed E-state index contributed by atoms with van der Waals surface area (Å²) in [7, 11) is 0. The van der Waals surface area contributed by atoms with Crippen LogP contribution in [0.3, 0.4) is 0 Å². The summed E-state index contributed by atoms with van der Waals surface area (Å²) in [6.07, 6.45) is 6.24. The molecule has 19 heavy (non-hydrogen) atoms. The summed E-state index contributed by atoms with van der Waals surface area (Å²) in [6.45, 7) is 6.96. The number of nitrogens with zero attached hydrogens (tertiary/aromatic N) is 2. The second-order valence-corrected chi connectivity index (χ2v) is 6.44. The molecule has 2 saturated carbocycles. The molecule has 2 aliphatic carbocycles. The number of carbonyl (C=O) groups excluding carboxylic acids is 1. The Hall–Kier alpha value is -1.12. The van der Waals surface area contributed by atoms with E-state index in [2.05, 4.69) is 16.7 Å². The highest BCUT2D eigenvalue weighted by molar-refractivity contribution is 5.97. The second-order valence-electron chi connectivity index (χ2n) is 6.44. The van der Waals surface area contributed by atoms with Crippen LogP contribution in [0.25, 0.3) is 0 Å². The van der Waals surface area contributed by atoms with Crippen LogP contribution in [0.2, 0.25) is 0 Å². The molecule has 0 radical (unpaired) electrons. The van der Waals surface area contributed by atoms with Crippen molar-refractivity contribution in [3.05, 3.63) is 17.0 Å². The zero-order valence-electron chi connectivity index (χ0n) is 12.3. The third-order valence-electron chi connectivity index (χ3n) is 5.27. The van der Waals surface area contributed by atoms with Gasteiger partial charge in [-0.25, -0.2) is 0 Å². The molecule has 2 fully saturated rings. The van der Waals surface area contributed by atoms with Crippen molar-refractivity contribution in [2.24, 2.45) is 17.8 Å². The molecular formula is C16H24N2O. The molecule has 0 spiro atoms. The first-order valence-electron chi connectivity index (χ1n) is 7.67. The Morgan fingerprint density at radius 1 is 1.32 bits per heavy atom. The van der Waals surface area contributed by atoms with E-state index < -0.39 is 0 Å². The largest absolute Gasteiger partial charge is 0.294 e. The monoisotopic (exact) mass is 260 g/mol. The lowest BCUT2D eigenvalue weighted by Gasteiger charge is -2.22. The van der Waals surface area contributed by atoms with Crippen LogP contribution in [0.1, 0.15) is 60.8 Å². The van der Waals surface area contributed by atoms with Crippen molar-refractivity contribution in [1.29, 1.82) is 0 Å². The topological polar surface area (TPSA) is 34.9 Å². The van der Waals surface area contributed by atoms with E-state index in [1.807, 2.05) is 13.8 Å². The van der Waals surface area contributed by atoms with Gasteiger partial charge in [0.25, 0.3) is 0 Å². The van der Waals surface area contributed by atoms with E-state index in [0.29, 0.717) is 6.42 Å². The van der Waals surface area contributed by atoms with Gasteiger partial charge in [0.1, 0.15) is 0 Å². The minimum Gasteiger partial charge on any atom is -0.294 e. The van der Waals surface area contributed by atoms with Gasteiger partial charge in [0, 0.05) is 18.7 Å². The van der Waals surface area contributed by atoms with Crippen LogP contribution in [0.4, 0.5) is 0 Å². The van der Waals surface area contributed by atoms with Crippen molar-refractivity contribution in [3.63, 3.8) is 0 Å². The molecule has 3 unspecified atom stereocenters. The summed E-state index contributed by atoms with van der Waals surface area (Å²) < 4.78 is 2.10. The van der Waals surface area contributed by atoms with Gasteiger partial charge in [-0.05, 0) is 50.9 Å². The maximum atomic E-state index is 12.0. The highest BCUT2D eigenvalue weighted by Gasteiger charge is 2.39. The summed E-state index contributed by atoms with van der Waals surface area (Å²) in [4.78, 5) is 12.0. The molecular weight excluding hydrogens is 236 g/mol. The lowest BCUT2D eigenvalue weighted by atomic mass is 9.89. The Labute approximate surface area is 115 Å². The fourth-order valence-electron chi connectivity index (χ4n) is 4.28. The van der Waals surface area contributed by atoms with E-state index in [-0.39, 0.29) is 5.78 Å². The summed E-state index contributed by atoms with van der Waals surface area (Å²) in [5.41, 5.74) is 2.85. The van der Waals surface area contributed by atoms with Gasteiger partial charge in [-0.15, -0.1) is 0 Å². The van der Waals surface area contributed by atoms with Crippen molar-refractivity contribution >= 4 is 5.78 Å². The van der Waals surface area contributed by atoms with Gasteiger partial charge in [-0.1, -0.05) is 13.3 Å². The number of ketones is 1. The van der Waals surface area contributed by atoms with Crippen LogP contribution in [-0.4, -0.2) is 15.6 Å². The summed E-state index contributed by atoms with van der Waals surface area (Å²) in [5.74, 6) is 2.92. The standard InChI is InChI=1S/C16H24N2O/c1-4-15(19)16-10(2)17-18(11(16)3)9-14-8-12-5-6-13(14)7-12/h12-14H,4-9H2,1-3H3. The Bertz CT molecular complexity index is 503. The molecule has 3 atom stereocenters. The third kappa shape index (κ3) is 2.13. The molecule has 0 saturated heterocycles. The number of hydrogen-bond acceptors (Lipinski definition) is 2. The normalized spacial score (nSPS) is 29.1. The van der Waals surface area contributed by atoms with Gasteiger partial charge >= 0.3 is 0 Å². The minimum atomic E-state index is 0.231. The average molecular weight is 260 g/mol. The summed E-state index contributed by atoms with van der Waals surface area (Å²) in [5, 5.41) is 4.62. The zero-order chi connectivity index (χ0) is 13.6. The number of aryl methyl sites for hydroxylation is 1. The van der Waals surface area contributed by atoms with Crippen LogP contribution in [0.5, 0.6) is 0 Å². The average Bonchev–Trinajstić information content (AvgIpc) is 3.05. The molecule has 1 aromatic heterocycles. The Morgan fingerprint density at radius 2 is 2.11 bits per heavy atom. The number of fused-ring (bicyclic) bond motifs is 2. The van der Waals surface area contributed by atoms with Crippen LogP contribution < -0.4 is 0 Å². The van der Waals surface area contributed by atoms with Crippen molar-refractivity contribution in [3.8, 4) is 0 Å². The van der Waals surface area contributed by atoms with Gasteiger partial charge < -0.3 is 0 Å². The molecule has 3 heteroatoms. The lowest BCUT2D eigenvalue weighted by molar-refractivity contribution is 0.0987. The van der Waals surface area contributed by atoms with E-state index >= 15 is 0 Å². The Kier molecular flexibility index (Phi) is 3.23. The van der Waals surface area contributed by atoms with E-state index in [1.54, 1.807) is 0 Å². The van der Waals surface area contributed by atoms with Crippen molar-refractivity contribution in [2.75, 3.05) is 0 Å². The fourth-order valence-corrected chi connectivity index (χ4v) is 4.28. The molecule has 0 N–H and O–H groups in total. The van der Waals surface area contributed by atoms with Gasteiger partial charge in [0.05, 0.1) is 11.3 Å². The number of Topliss-reactive ketones (excluding diaryl/α,β-unsaturated/α-hetero) is 1. The van der Waals surface area contributed by atoms with E-state index in [9.17, 15) is 4.79 Å². The fraction of sp³-hybridized carbons (Fsp3) is 0.750. The first kappa shape index (κ1) is 12.9. The van der Waals surface area contributed by atoms with E-state index in [4.69, 9.17) is 0 Å². The van der Waals surface area contributed by atoms with Gasteiger partial charge in [-0.2, -0.15) is 5.10 Å². The summed E-state index contributed by atoms with van der Waals surface area (Å²) in [6, 6.07) is 0. The number of carbonyl (C=O) groups is 1. The second kappa shape index (κ2) is 4.77.